The van der Waals surface area contributed by atoms with Crippen molar-refractivity contribution in [3.63, 3.8) is 0 Å². The second-order valence-electron chi connectivity index (χ2n) is 6.16. The third-order valence-corrected chi connectivity index (χ3v) is 4.35. The van der Waals surface area contributed by atoms with Gasteiger partial charge < -0.3 is 34.9 Å². The number of nitrogens with one attached hydrogen (secondary N) is 1. The molecule has 3 unspecified atom stereocenters. The van der Waals surface area contributed by atoms with E-state index in [1.54, 1.807) is 12.1 Å². The van der Waals surface area contributed by atoms with Crippen LogP contribution in [0.2, 0.25) is 0 Å². The van der Waals surface area contributed by atoms with Crippen LogP contribution < -0.4 is 10.9 Å². The Labute approximate surface area is 147 Å². The van der Waals surface area contributed by atoms with E-state index in [4.69, 9.17) is 14.3 Å². The van der Waals surface area contributed by atoms with Crippen LogP contribution >= 0.6 is 0 Å². The quantitative estimate of drug-likeness (QED) is 0.347. The lowest BCUT2D eigenvalue weighted by molar-refractivity contribution is -0.245. The molecule has 1 saturated heterocycles. The number of rotatable bonds is 4. The minimum absolute atomic E-state index is 0.0529. The summed E-state index contributed by atoms with van der Waals surface area (Å²) in [5, 5.41) is 42.5. The van der Waals surface area contributed by atoms with Crippen LogP contribution in [0.15, 0.2) is 33.5 Å². The van der Waals surface area contributed by atoms with Crippen molar-refractivity contribution in [1.29, 1.82) is 0 Å². The van der Waals surface area contributed by atoms with Crippen molar-refractivity contribution in [3.05, 3.63) is 40.2 Å². The van der Waals surface area contributed by atoms with Gasteiger partial charge in [0.15, 0.2) is 12.1 Å². The van der Waals surface area contributed by atoms with E-state index in [0.29, 0.717) is 11.1 Å². The predicted octanol–water partition coefficient (Wildman–Crippen LogP) is -0.793. The Balaban J connectivity index is 1.88. The van der Waals surface area contributed by atoms with Crippen LogP contribution in [0.5, 0.6) is 0 Å². The lowest BCUT2D eigenvalue weighted by Crippen LogP contribution is -2.61. The SMILES string of the molecule is CC(=O)c1cc2ccc(N[C@@H]3C(O)OC(CO)[C@@H](O)C3O)cc2oc1=O. The molecule has 26 heavy (non-hydrogen) atoms. The highest BCUT2D eigenvalue weighted by Crippen LogP contribution is 2.25. The predicted molar refractivity (Wildman–Crippen MR) is 89.9 cm³/mol. The summed E-state index contributed by atoms with van der Waals surface area (Å²) in [5.41, 5.74) is -0.218. The zero-order valence-electron chi connectivity index (χ0n) is 13.8. The zero-order chi connectivity index (χ0) is 19.0. The molecule has 9 nitrogen and oxygen atoms in total. The van der Waals surface area contributed by atoms with Gasteiger partial charge in [-0.3, -0.25) is 4.79 Å². The minimum atomic E-state index is -1.48. The molecule has 1 aliphatic heterocycles. The summed E-state index contributed by atoms with van der Waals surface area (Å²) in [4.78, 5) is 23.2. The highest BCUT2D eigenvalue weighted by molar-refractivity contribution is 5.96. The first-order valence-electron chi connectivity index (χ1n) is 7.97. The van der Waals surface area contributed by atoms with E-state index in [2.05, 4.69) is 5.32 Å². The van der Waals surface area contributed by atoms with Crippen LogP contribution in [-0.4, -0.2) is 63.5 Å². The van der Waals surface area contributed by atoms with E-state index in [9.17, 15) is 24.9 Å². The van der Waals surface area contributed by atoms with E-state index >= 15 is 0 Å². The molecule has 5 N–H and O–H groups in total. The number of aliphatic hydroxyl groups is 4. The Hall–Kier alpha value is -2.30. The molecule has 0 bridgehead atoms. The fourth-order valence-electron chi connectivity index (χ4n) is 2.89. The van der Waals surface area contributed by atoms with Crippen molar-refractivity contribution < 1.29 is 34.4 Å². The lowest BCUT2D eigenvalue weighted by atomic mass is 9.97. The first kappa shape index (κ1) is 18.5. The van der Waals surface area contributed by atoms with Crippen molar-refractivity contribution in [2.75, 3.05) is 11.9 Å². The van der Waals surface area contributed by atoms with E-state index in [-0.39, 0.29) is 11.1 Å². The van der Waals surface area contributed by atoms with Gasteiger partial charge in [0.25, 0.3) is 0 Å². The smallest absolute Gasteiger partial charge is 0.347 e. The first-order chi connectivity index (χ1) is 12.3. The average Bonchev–Trinajstić information content (AvgIpc) is 2.60. The van der Waals surface area contributed by atoms with Crippen molar-refractivity contribution in [2.24, 2.45) is 0 Å². The van der Waals surface area contributed by atoms with Crippen LogP contribution in [0, 0.1) is 0 Å². The van der Waals surface area contributed by atoms with E-state index in [1.165, 1.54) is 19.1 Å². The third kappa shape index (κ3) is 3.35. The molecule has 2 heterocycles. The molecule has 0 radical (unpaired) electrons. The fraction of sp³-hybridized carbons (Fsp3) is 0.412. The van der Waals surface area contributed by atoms with Gasteiger partial charge in [-0.05, 0) is 25.1 Å². The summed E-state index contributed by atoms with van der Waals surface area (Å²) in [7, 11) is 0. The molecule has 0 amide bonds. The summed E-state index contributed by atoms with van der Waals surface area (Å²) in [5.74, 6) is -0.402. The van der Waals surface area contributed by atoms with Gasteiger partial charge in [-0.2, -0.15) is 0 Å². The van der Waals surface area contributed by atoms with Gasteiger partial charge in [-0.15, -0.1) is 0 Å². The van der Waals surface area contributed by atoms with Crippen molar-refractivity contribution in [1.82, 2.24) is 0 Å². The van der Waals surface area contributed by atoms with Crippen LogP contribution in [-0.2, 0) is 4.74 Å². The monoisotopic (exact) mass is 365 g/mol. The maximum absolute atomic E-state index is 11.8. The number of hydrogen-bond acceptors (Lipinski definition) is 9. The Bertz CT molecular complexity index is 879. The normalized spacial score (nSPS) is 28.9. The number of hydrogen-bond donors (Lipinski definition) is 5. The Kier molecular flexibility index (Phi) is 5.08. The largest absolute Gasteiger partial charge is 0.422 e. The highest BCUT2D eigenvalue weighted by atomic mass is 16.6. The van der Waals surface area contributed by atoms with Crippen molar-refractivity contribution in [2.45, 2.75) is 37.6 Å². The number of aliphatic hydroxyl groups excluding tert-OH is 4. The van der Waals surface area contributed by atoms with Gasteiger partial charge >= 0.3 is 5.63 Å². The van der Waals surface area contributed by atoms with E-state index in [1.807, 2.05) is 0 Å². The Morgan fingerprint density at radius 2 is 1.92 bits per heavy atom. The number of ether oxygens (including phenoxy) is 1. The second-order valence-corrected chi connectivity index (χ2v) is 6.16. The van der Waals surface area contributed by atoms with Gasteiger partial charge in [-0.25, -0.2) is 4.79 Å². The number of benzene rings is 1. The molecule has 0 aliphatic carbocycles. The third-order valence-electron chi connectivity index (χ3n) is 4.35. The Morgan fingerprint density at radius 1 is 1.19 bits per heavy atom. The summed E-state index contributed by atoms with van der Waals surface area (Å²) < 4.78 is 10.2. The van der Waals surface area contributed by atoms with Crippen LogP contribution in [0.3, 0.4) is 0 Å². The molecule has 1 fully saturated rings. The molecular weight excluding hydrogens is 346 g/mol. The number of carbonyl (C=O) groups is 1. The molecule has 1 aromatic carbocycles. The van der Waals surface area contributed by atoms with Gasteiger partial charge in [0.1, 0.15) is 35.5 Å². The van der Waals surface area contributed by atoms with Gasteiger partial charge in [0, 0.05) is 17.1 Å². The maximum atomic E-state index is 11.8. The molecule has 9 heteroatoms. The molecule has 5 atom stereocenters. The number of fused-ring (bicyclic) bond motifs is 1. The van der Waals surface area contributed by atoms with Crippen LogP contribution in [0.1, 0.15) is 17.3 Å². The van der Waals surface area contributed by atoms with E-state index < -0.39 is 48.7 Å². The van der Waals surface area contributed by atoms with Crippen molar-refractivity contribution in [3.8, 4) is 0 Å². The average molecular weight is 365 g/mol. The number of Topliss-reactive ketones (excluding diaryl/α,β-unsaturated/α-hetero) is 1. The number of ketones is 1. The molecule has 1 aliphatic rings. The summed E-state index contributed by atoms with van der Waals surface area (Å²) in [6.45, 7) is 0.715. The highest BCUT2D eigenvalue weighted by Gasteiger charge is 2.43. The molecular formula is C17H19NO8. The van der Waals surface area contributed by atoms with Crippen molar-refractivity contribution >= 4 is 22.4 Å². The molecule has 3 rings (SSSR count). The maximum Gasteiger partial charge on any atom is 0.347 e. The standard InChI is InChI=1S/C17H19NO8/c1-7(20)10-4-8-2-3-9(5-11(8)25-16(10)23)18-13-15(22)14(21)12(6-19)26-17(13)24/h2-5,12-15,17-19,21-22,24H,6H2,1H3/t12?,13-,14+,15?,17?/m0/s1. The fourth-order valence-corrected chi connectivity index (χ4v) is 2.89. The Morgan fingerprint density at radius 3 is 2.58 bits per heavy atom. The number of anilines is 1. The second kappa shape index (κ2) is 7.14. The summed E-state index contributed by atoms with van der Waals surface area (Å²) in [6, 6.07) is 5.01. The summed E-state index contributed by atoms with van der Waals surface area (Å²) >= 11 is 0. The molecule has 140 valence electrons. The number of carbonyl (C=O) groups excluding carboxylic acids is 1. The zero-order valence-corrected chi connectivity index (χ0v) is 13.8. The topological polar surface area (TPSA) is 149 Å². The van der Waals surface area contributed by atoms with Gasteiger partial charge in [0.05, 0.1) is 6.61 Å². The molecule has 0 spiro atoms. The molecule has 0 saturated carbocycles. The van der Waals surface area contributed by atoms with Gasteiger partial charge in [-0.1, -0.05) is 0 Å². The van der Waals surface area contributed by atoms with E-state index in [0.717, 1.165) is 0 Å². The molecule has 1 aromatic heterocycles. The van der Waals surface area contributed by atoms with Gasteiger partial charge in [0.2, 0.25) is 0 Å². The summed E-state index contributed by atoms with van der Waals surface area (Å²) in [6.07, 6.45) is -5.37. The molecule has 2 aromatic rings. The lowest BCUT2D eigenvalue weighted by Gasteiger charge is -2.40. The van der Waals surface area contributed by atoms with Crippen LogP contribution in [0.4, 0.5) is 5.69 Å². The first-order valence-corrected chi connectivity index (χ1v) is 7.97. The minimum Gasteiger partial charge on any atom is -0.422 e. The van der Waals surface area contributed by atoms with Crippen LogP contribution in [0.25, 0.3) is 11.0 Å².